The molecule has 0 spiro atoms. The van der Waals surface area contributed by atoms with Crippen LogP contribution in [0.5, 0.6) is 5.75 Å². The van der Waals surface area contributed by atoms with Crippen molar-refractivity contribution >= 4 is 34.4 Å². The van der Waals surface area contributed by atoms with Crippen molar-refractivity contribution in [2.24, 2.45) is 0 Å². The summed E-state index contributed by atoms with van der Waals surface area (Å²) in [5, 5.41) is 13.9. The third-order valence-electron chi connectivity index (χ3n) is 5.80. The second kappa shape index (κ2) is 9.08. The van der Waals surface area contributed by atoms with Gasteiger partial charge in [0.25, 0.3) is 5.91 Å². The van der Waals surface area contributed by atoms with E-state index in [-0.39, 0.29) is 23.4 Å². The Morgan fingerprint density at radius 1 is 1.28 bits per heavy atom. The van der Waals surface area contributed by atoms with Crippen LogP contribution in [0.3, 0.4) is 0 Å². The quantitative estimate of drug-likeness (QED) is 0.549. The lowest BCUT2D eigenvalue weighted by molar-refractivity contribution is 0.0631. The van der Waals surface area contributed by atoms with E-state index in [0.29, 0.717) is 31.1 Å². The molecule has 32 heavy (non-hydrogen) atoms. The molecule has 7 nitrogen and oxygen atoms in total. The number of piperidine rings is 1. The predicted molar refractivity (Wildman–Crippen MR) is 120 cm³/mol. The maximum atomic E-state index is 14.1. The Morgan fingerprint density at radius 2 is 2.09 bits per heavy atom. The van der Waals surface area contributed by atoms with Crippen LogP contribution in [0.2, 0.25) is 5.02 Å². The number of fused-ring (bicyclic) bond motifs is 1. The van der Waals surface area contributed by atoms with Crippen molar-refractivity contribution in [1.82, 2.24) is 20.1 Å². The molecular formula is C23H24ClFN4O3. The largest absolute Gasteiger partial charge is 0.508 e. The van der Waals surface area contributed by atoms with Gasteiger partial charge in [-0.05, 0) is 49.2 Å². The maximum Gasteiger partial charge on any atom is 0.317 e. The smallest absolute Gasteiger partial charge is 0.317 e. The fraction of sp³-hybridized carbons (Fsp3) is 0.304. The average molecular weight is 459 g/mol. The first kappa shape index (κ1) is 22.0. The molecule has 1 aliphatic rings. The van der Waals surface area contributed by atoms with Crippen molar-refractivity contribution in [2.75, 3.05) is 20.1 Å². The van der Waals surface area contributed by atoms with E-state index in [1.165, 1.54) is 12.1 Å². The van der Waals surface area contributed by atoms with E-state index < -0.39 is 11.7 Å². The molecule has 0 aliphatic carbocycles. The Labute approximate surface area is 189 Å². The number of phenols is 1. The monoisotopic (exact) mass is 458 g/mol. The summed E-state index contributed by atoms with van der Waals surface area (Å²) in [4.78, 5) is 31.9. The van der Waals surface area contributed by atoms with Crippen molar-refractivity contribution in [1.29, 1.82) is 0 Å². The number of amides is 3. The highest BCUT2D eigenvalue weighted by atomic mass is 35.5. The van der Waals surface area contributed by atoms with Gasteiger partial charge in [-0.2, -0.15) is 0 Å². The summed E-state index contributed by atoms with van der Waals surface area (Å²) in [7, 11) is 1.69. The van der Waals surface area contributed by atoms with E-state index >= 15 is 0 Å². The van der Waals surface area contributed by atoms with Crippen LogP contribution >= 0.6 is 11.6 Å². The van der Waals surface area contributed by atoms with Gasteiger partial charge in [0.1, 0.15) is 11.6 Å². The number of likely N-dealkylation sites (tertiary alicyclic amines) is 1. The molecule has 1 atom stereocenters. The van der Waals surface area contributed by atoms with E-state index in [4.69, 9.17) is 11.6 Å². The third-order valence-corrected chi connectivity index (χ3v) is 6.04. The normalized spacial score (nSPS) is 16.2. The molecule has 9 heteroatoms. The lowest BCUT2D eigenvalue weighted by atomic mass is 10.0. The number of aromatic hydroxyl groups is 1. The van der Waals surface area contributed by atoms with Crippen molar-refractivity contribution in [3.8, 4) is 5.75 Å². The second-order valence-electron chi connectivity index (χ2n) is 8.01. The number of urea groups is 1. The molecule has 1 aliphatic heterocycles. The predicted octanol–water partition coefficient (Wildman–Crippen LogP) is 4.11. The van der Waals surface area contributed by atoms with Gasteiger partial charge in [0.15, 0.2) is 0 Å². The summed E-state index contributed by atoms with van der Waals surface area (Å²) in [6.45, 7) is 1.13. The number of carbonyl (C=O) groups excluding carboxylic acids is 2. The standard InChI is InChI=1S/C23H24ClFN4O3/c1-28(23(32)26-12-16-10-14-9-15(24)4-7-21(14)27-16)17-3-2-8-29(13-17)22(31)19-6-5-18(30)11-20(19)25/h4-7,9-11,17,27,30H,2-3,8,12-13H2,1H3,(H,26,32). The van der Waals surface area contributed by atoms with Crippen LogP contribution in [0.15, 0.2) is 42.5 Å². The van der Waals surface area contributed by atoms with Gasteiger partial charge in [0.05, 0.1) is 18.2 Å². The van der Waals surface area contributed by atoms with Crippen molar-refractivity contribution in [2.45, 2.75) is 25.4 Å². The van der Waals surface area contributed by atoms with Gasteiger partial charge in [0.2, 0.25) is 0 Å². The number of H-pyrrole nitrogens is 1. The van der Waals surface area contributed by atoms with Gasteiger partial charge < -0.3 is 25.2 Å². The van der Waals surface area contributed by atoms with Crippen LogP contribution < -0.4 is 5.32 Å². The van der Waals surface area contributed by atoms with E-state index in [9.17, 15) is 19.1 Å². The highest BCUT2D eigenvalue weighted by molar-refractivity contribution is 6.31. The Morgan fingerprint density at radius 3 is 2.88 bits per heavy atom. The van der Waals surface area contributed by atoms with E-state index in [2.05, 4.69) is 10.3 Å². The first-order valence-electron chi connectivity index (χ1n) is 10.4. The topological polar surface area (TPSA) is 88.7 Å². The number of nitrogens with one attached hydrogen (secondary N) is 2. The van der Waals surface area contributed by atoms with E-state index in [0.717, 1.165) is 29.1 Å². The molecule has 3 aromatic rings. The minimum absolute atomic E-state index is 0.0885. The van der Waals surface area contributed by atoms with Crippen molar-refractivity contribution < 1.29 is 19.1 Å². The minimum Gasteiger partial charge on any atom is -0.508 e. The van der Waals surface area contributed by atoms with Gasteiger partial charge >= 0.3 is 6.03 Å². The number of likely N-dealkylation sites (N-methyl/N-ethyl adjacent to an activating group) is 1. The fourth-order valence-corrected chi connectivity index (χ4v) is 4.20. The minimum atomic E-state index is -0.761. The number of halogens is 2. The molecule has 1 saturated heterocycles. The number of rotatable bonds is 4. The summed E-state index contributed by atoms with van der Waals surface area (Å²) in [5.41, 5.74) is 1.71. The number of phenolic OH excluding ortho intramolecular Hbond substituents is 1. The first-order valence-corrected chi connectivity index (χ1v) is 10.7. The van der Waals surface area contributed by atoms with Crippen LogP contribution in [0.1, 0.15) is 28.9 Å². The summed E-state index contributed by atoms with van der Waals surface area (Å²) < 4.78 is 14.1. The highest BCUT2D eigenvalue weighted by Crippen LogP contribution is 2.22. The van der Waals surface area contributed by atoms with Gasteiger partial charge in [-0.15, -0.1) is 0 Å². The lowest BCUT2D eigenvalue weighted by Crippen LogP contribution is -2.52. The molecule has 1 fully saturated rings. The van der Waals surface area contributed by atoms with Crippen LogP contribution in [0, 0.1) is 5.82 Å². The highest BCUT2D eigenvalue weighted by Gasteiger charge is 2.30. The third kappa shape index (κ3) is 4.65. The van der Waals surface area contributed by atoms with E-state index in [1.54, 1.807) is 22.9 Å². The molecule has 3 amide bonds. The second-order valence-corrected chi connectivity index (χ2v) is 8.44. The summed E-state index contributed by atoms with van der Waals surface area (Å²) >= 11 is 6.02. The first-order chi connectivity index (χ1) is 15.3. The van der Waals surface area contributed by atoms with Crippen LogP contribution in [0.4, 0.5) is 9.18 Å². The number of hydrogen-bond donors (Lipinski definition) is 3. The Balaban J connectivity index is 1.36. The number of nitrogens with zero attached hydrogens (tertiary/aromatic N) is 2. The molecule has 0 saturated carbocycles. The molecule has 1 aromatic heterocycles. The van der Waals surface area contributed by atoms with Gasteiger partial charge in [-0.1, -0.05) is 11.6 Å². The van der Waals surface area contributed by atoms with Crippen molar-refractivity contribution in [3.63, 3.8) is 0 Å². The Hall–Kier alpha value is -3.26. The summed E-state index contributed by atoms with van der Waals surface area (Å²) in [6, 6.07) is 10.5. The average Bonchev–Trinajstić information content (AvgIpc) is 3.18. The molecule has 2 aromatic carbocycles. The number of aromatic nitrogens is 1. The van der Waals surface area contributed by atoms with Crippen LogP contribution in [0.25, 0.3) is 10.9 Å². The van der Waals surface area contributed by atoms with Gasteiger partial charge in [-0.25, -0.2) is 9.18 Å². The number of carbonyl (C=O) groups is 2. The van der Waals surface area contributed by atoms with Crippen LogP contribution in [-0.4, -0.2) is 58.0 Å². The fourth-order valence-electron chi connectivity index (χ4n) is 4.02. The van der Waals surface area contributed by atoms with Gasteiger partial charge in [-0.3, -0.25) is 4.79 Å². The molecule has 2 heterocycles. The molecular weight excluding hydrogens is 435 g/mol. The Kier molecular flexibility index (Phi) is 6.23. The molecule has 168 valence electrons. The molecule has 0 radical (unpaired) electrons. The molecule has 1 unspecified atom stereocenters. The number of benzene rings is 2. The molecule has 4 rings (SSSR count). The number of hydrogen-bond acceptors (Lipinski definition) is 3. The Bertz CT molecular complexity index is 1170. The molecule has 3 N–H and O–H groups in total. The summed E-state index contributed by atoms with van der Waals surface area (Å²) in [6.07, 6.45) is 1.45. The van der Waals surface area contributed by atoms with Crippen LogP contribution in [-0.2, 0) is 6.54 Å². The lowest BCUT2D eigenvalue weighted by Gasteiger charge is -2.37. The maximum absolute atomic E-state index is 14.1. The zero-order valence-electron chi connectivity index (χ0n) is 17.6. The summed E-state index contributed by atoms with van der Waals surface area (Å²) in [5.74, 6) is -1.44. The zero-order valence-corrected chi connectivity index (χ0v) is 18.3. The van der Waals surface area contributed by atoms with Gasteiger partial charge in [0, 0.05) is 47.8 Å². The van der Waals surface area contributed by atoms with Crippen molar-refractivity contribution in [3.05, 3.63) is 64.6 Å². The molecule has 0 bridgehead atoms. The number of aromatic amines is 1. The van der Waals surface area contributed by atoms with E-state index in [1.807, 2.05) is 18.2 Å². The zero-order chi connectivity index (χ0) is 22.8. The SMILES string of the molecule is CN(C(=O)NCc1cc2cc(Cl)ccc2[nH]1)C1CCCN(C(=O)c2ccc(O)cc2F)C1.